The lowest BCUT2D eigenvalue weighted by Crippen LogP contribution is -2.42. The molecule has 2 rings (SSSR count). The van der Waals surface area contributed by atoms with E-state index in [0.29, 0.717) is 5.92 Å². The van der Waals surface area contributed by atoms with Crippen molar-refractivity contribution >= 4 is 0 Å². The van der Waals surface area contributed by atoms with Gasteiger partial charge in [0.25, 0.3) is 0 Å². The van der Waals surface area contributed by atoms with Gasteiger partial charge in [-0.05, 0) is 44.4 Å². The summed E-state index contributed by atoms with van der Waals surface area (Å²) in [4.78, 5) is 0. The number of hydrogen-bond acceptors (Lipinski definition) is 1. The van der Waals surface area contributed by atoms with Crippen LogP contribution in [-0.4, -0.2) is 10.7 Å². The van der Waals surface area contributed by atoms with Crippen LogP contribution in [0.2, 0.25) is 0 Å². The first-order valence-corrected chi connectivity index (χ1v) is 6.31. The first-order valence-electron chi connectivity index (χ1n) is 6.31. The molecule has 0 aromatic heterocycles. The molecule has 1 heteroatoms. The highest BCUT2D eigenvalue weighted by Gasteiger charge is 2.41. The standard InChI is InChI=1S/C13H24O/c1-13(2,14)12-9-5-7-10-6-3-4-8-11(10)12/h10-12,14H,3-9H2,1-2H3/t10?,11?,12-/m0/s1. The van der Waals surface area contributed by atoms with E-state index in [1.54, 1.807) is 0 Å². The van der Waals surface area contributed by atoms with E-state index in [9.17, 15) is 5.11 Å². The zero-order valence-electron chi connectivity index (χ0n) is 9.63. The van der Waals surface area contributed by atoms with Crippen molar-refractivity contribution in [2.24, 2.45) is 17.8 Å². The average Bonchev–Trinajstić information content (AvgIpc) is 2.15. The van der Waals surface area contributed by atoms with Gasteiger partial charge in [0, 0.05) is 0 Å². The molecule has 1 N–H and O–H groups in total. The lowest BCUT2D eigenvalue weighted by atomic mass is 9.61. The van der Waals surface area contributed by atoms with Crippen LogP contribution in [0.15, 0.2) is 0 Å². The van der Waals surface area contributed by atoms with Gasteiger partial charge < -0.3 is 5.11 Å². The number of aliphatic hydroxyl groups is 1. The molecule has 2 aliphatic rings. The third-order valence-electron chi connectivity index (χ3n) is 4.48. The molecule has 0 heterocycles. The molecule has 14 heavy (non-hydrogen) atoms. The van der Waals surface area contributed by atoms with Crippen molar-refractivity contribution in [3.05, 3.63) is 0 Å². The minimum atomic E-state index is -0.444. The first kappa shape index (κ1) is 10.5. The molecule has 2 saturated carbocycles. The first-order chi connectivity index (χ1) is 6.59. The SMILES string of the molecule is CC(C)(O)[C@H]1CCCC2CCCCC21. The minimum absolute atomic E-state index is 0.444. The zero-order valence-corrected chi connectivity index (χ0v) is 9.63. The summed E-state index contributed by atoms with van der Waals surface area (Å²) in [5.74, 6) is 2.34. The van der Waals surface area contributed by atoms with Gasteiger partial charge >= 0.3 is 0 Å². The van der Waals surface area contributed by atoms with Crippen molar-refractivity contribution in [1.82, 2.24) is 0 Å². The van der Waals surface area contributed by atoms with Gasteiger partial charge in [0.15, 0.2) is 0 Å². The molecule has 2 aliphatic carbocycles. The maximum Gasteiger partial charge on any atom is 0.0622 e. The van der Waals surface area contributed by atoms with Crippen LogP contribution in [0.5, 0.6) is 0 Å². The molecule has 0 radical (unpaired) electrons. The third kappa shape index (κ3) is 1.98. The molecule has 0 aromatic rings. The van der Waals surface area contributed by atoms with Crippen LogP contribution in [-0.2, 0) is 0 Å². The molecule has 0 amide bonds. The van der Waals surface area contributed by atoms with Crippen LogP contribution < -0.4 is 0 Å². The van der Waals surface area contributed by atoms with Gasteiger partial charge in [0.2, 0.25) is 0 Å². The fourth-order valence-corrected chi connectivity index (χ4v) is 3.82. The molecule has 3 atom stereocenters. The fraction of sp³-hybridized carbons (Fsp3) is 1.00. The fourth-order valence-electron chi connectivity index (χ4n) is 3.82. The second-order valence-electron chi connectivity index (χ2n) is 5.90. The maximum atomic E-state index is 10.2. The molecular formula is C13H24O. The molecule has 82 valence electrons. The van der Waals surface area contributed by atoms with E-state index in [0.717, 1.165) is 11.8 Å². The van der Waals surface area contributed by atoms with E-state index in [2.05, 4.69) is 0 Å². The Kier molecular flexibility index (Phi) is 2.88. The lowest BCUT2D eigenvalue weighted by molar-refractivity contribution is -0.0553. The Hall–Kier alpha value is -0.0400. The van der Waals surface area contributed by atoms with Crippen LogP contribution in [0.4, 0.5) is 0 Å². The molecule has 2 unspecified atom stereocenters. The summed E-state index contributed by atoms with van der Waals surface area (Å²) in [5, 5.41) is 10.2. The van der Waals surface area contributed by atoms with Crippen LogP contribution in [0.3, 0.4) is 0 Å². The van der Waals surface area contributed by atoms with Crippen molar-refractivity contribution < 1.29 is 5.11 Å². The Morgan fingerprint density at radius 1 is 0.929 bits per heavy atom. The smallest absolute Gasteiger partial charge is 0.0622 e. The quantitative estimate of drug-likeness (QED) is 0.682. The topological polar surface area (TPSA) is 20.2 Å². The van der Waals surface area contributed by atoms with Crippen molar-refractivity contribution in [3.63, 3.8) is 0 Å². The summed E-state index contributed by atoms with van der Waals surface area (Å²) in [7, 11) is 0. The van der Waals surface area contributed by atoms with Gasteiger partial charge in [0.1, 0.15) is 0 Å². The highest BCUT2D eigenvalue weighted by molar-refractivity contribution is 4.91. The Bertz CT molecular complexity index is 190. The van der Waals surface area contributed by atoms with Gasteiger partial charge in [-0.15, -0.1) is 0 Å². The monoisotopic (exact) mass is 196 g/mol. The highest BCUT2D eigenvalue weighted by Crippen LogP contribution is 2.47. The van der Waals surface area contributed by atoms with E-state index in [1.165, 1.54) is 44.9 Å². The molecule has 0 spiro atoms. The van der Waals surface area contributed by atoms with Gasteiger partial charge in [-0.3, -0.25) is 0 Å². The zero-order chi connectivity index (χ0) is 10.2. The highest BCUT2D eigenvalue weighted by atomic mass is 16.3. The normalized spacial score (nSPS) is 39.2. The summed E-state index contributed by atoms with van der Waals surface area (Å²) < 4.78 is 0. The number of hydrogen-bond donors (Lipinski definition) is 1. The van der Waals surface area contributed by atoms with Crippen LogP contribution >= 0.6 is 0 Å². The van der Waals surface area contributed by atoms with E-state index in [4.69, 9.17) is 0 Å². The predicted molar refractivity (Wildman–Crippen MR) is 59.1 cm³/mol. The van der Waals surface area contributed by atoms with Gasteiger partial charge in [-0.25, -0.2) is 0 Å². The van der Waals surface area contributed by atoms with Gasteiger partial charge in [-0.2, -0.15) is 0 Å². The second kappa shape index (κ2) is 3.84. The Labute approximate surface area is 87.9 Å². The Balaban J connectivity index is 2.09. The third-order valence-corrected chi connectivity index (χ3v) is 4.48. The Morgan fingerprint density at radius 3 is 2.29 bits per heavy atom. The van der Waals surface area contributed by atoms with Crippen LogP contribution in [0, 0.1) is 17.8 Å². The summed E-state index contributed by atoms with van der Waals surface area (Å²) in [5.41, 5.74) is -0.444. The second-order valence-corrected chi connectivity index (χ2v) is 5.90. The van der Waals surface area contributed by atoms with E-state index in [-0.39, 0.29) is 0 Å². The van der Waals surface area contributed by atoms with E-state index >= 15 is 0 Å². The average molecular weight is 196 g/mol. The lowest BCUT2D eigenvalue weighted by Gasteiger charge is -2.46. The maximum absolute atomic E-state index is 10.2. The molecule has 1 nitrogen and oxygen atoms in total. The van der Waals surface area contributed by atoms with Gasteiger partial charge in [0.05, 0.1) is 5.60 Å². The summed E-state index contributed by atoms with van der Waals surface area (Å²) >= 11 is 0. The van der Waals surface area contributed by atoms with E-state index in [1.807, 2.05) is 13.8 Å². The van der Waals surface area contributed by atoms with Crippen molar-refractivity contribution in [2.75, 3.05) is 0 Å². The summed E-state index contributed by atoms with van der Waals surface area (Å²) in [6.45, 7) is 4.02. The van der Waals surface area contributed by atoms with E-state index < -0.39 is 5.60 Å². The van der Waals surface area contributed by atoms with Crippen molar-refractivity contribution in [3.8, 4) is 0 Å². The number of rotatable bonds is 1. The minimum Gasteiger partial charge on any atom is -0.390 e. The molecular weight excluding hydrogens is 172 g/mol. The van der Waals surface area contributed by atoms with Crippen LogP contribution in [0.25, 0.3) is 0 Å². The molecule has 2 fully saturated rings. The molecule has 0 aliphatic heterocycles. The van der Waals surface area contributed by atoms with Gasteiger partial charge in [-0.1, -0.05) is 32.1 Å². The summed E-state index contributed by atoms with van der Waals surface area (Å²) in [6.07, 6.45) is 9.65. The molecule has 0 aromatic carbocycles. The van der Waals surface area contributed by atoms with Crippen molar-refractivity contribution in [2.45, 2.75) is 64.4 Å². The molecule has 0 bridgehead atoms. The molecule has 0 saturated heterocycles. The van der Waals surface area contributed by atoms with Crippen molar-refractivity contribution in [1.29, 1.82) is 0 Å². The Morgan fingerprint density at radius 2 is 1.57 bits per heavy atom. The number of fused-ring (bicyclic) bond motifs is 1. The predicted octanol–water partition coefficient (Wildman–Crippen LogP) is 3.36. The summed E-state index contributed by atoms with van der Waals surface area (Å²) in [6, 6.07) is 0. The largest absolute Gasteiger partial charge is 0.390 e. The van der Waals surface area contributed by atoms with Crippen LogP contribution in [0.1, 0.15) is 58.8 Å².